The van der Waals surface area contributed by atoms with Crippen molar-refractivity contribution in [2.24, 2.45) is 0 Å². The highest BCUT2D eigenvalue weighted by Gasteiger charge is 1.90. The van der Waals surface area contributed by atoms with Crippen molar-refractivity contribution in [2.75, 3.05) is 0 Å². The molecule has 1 nitrogen and oxygen atoms in total. The molecule has 0 spiro atoms. The lowest BCUT2D eigenvalue weighted by Gasteiger charge is -1.84. The molecule has 0 aliphatic carbocycles. The van der Waals surface area contributed by atoms with Gasteiger partial charge in [0.05, 0.1) is 0 Å². The minimum Gasteiger partial charge on any atom is -0.295 e. The van der Waals surface area contributed by atoms with E-state index in [4.69, 9.17) is 0 Å². The second-order valence-corrected chi connectivity index (χ2v) is 1.81. The Hall–Kier alpha value is -0.110. The molecule has 2 heteroatoms. The standard InChI is InChI=1S/C5H7BrO/c1-4(3-6)5(2)7/h3H,1-2H3. The van der Waals surface area contributed by atoms with Crippen LogP contribution in [0.15, 0.2) is 10.6 Å². The molecule has 0 fully saturated rings. The first kappa shape index (κ1) is 6.89. The average Bonchev–Trinajstić information content (AvgIpc) is 1.65. The molecule has 0 N–H and O–H groups in total. The summed E-state index contributed by atoms with van der Waals surface area (Å²) < 4.78 is 0. The van der Waals surface area contributed by atoms with E-state index < -0.39 is 0 Å². The van der Waals surface area contributed by atoms with E-state index in [0.29, 0.717) is 0 Å². The van der Waals surface area contributed by atoms with Crippen molar-refractivity contribution in [2.45, 2.75) is 13.8 Å². The Morgan fingerprint density at radius 2 is 2.00 bits per heavy atom. The molecule has 7 heavy (non-hydrogen) atoms. The maximum atomic E-state index is 10.3. The van der Waals surface area contributed by atoms with Crippen LogP contribution in [0.5, 0.6) is 0 Å². The van der Waals surface area contributed by atoms with E-state index in [0.717, 1.165) is 5.57 Å². The number of Topliss-reactive ketones (excluding diaryl/α,β-unsaturated/α-hetero) is 1. The van der Waals surface area contributed by atoms with E-state index in [-0.39, 0.29) is 5.78 Å². The Balaban J connectivity index is 3.82. The summed E-state index contributed by atoms with van der Waals surface area (Å²) in [6.07, 6.45) is 0. The van der Waals surface area contributed by atoms with Crippen molar-refractivity contribution in [1.29, 1.82) is 0 Å². The van der Waals surface area contributed by atoms with Crippen LogP contribution in [0.3, 0.4) is 0 Å². The number of hydrogen-bond donors (Lipinski definition) is 0. The second kappa shape index (κ2) is 2.97. The molecular formula is C5H7BrO. The van der Waals surface area contributed by atoms with Gasteiger partial charge in [-0.2, -0.15) is 0 Å². The van der Waals surface area contributed by atoms with Crippen LogP contribution in [0.1, 0.15) is 13.8 Å². The fourth-order valence-electron chi connectivity index (χ4n) is 0.0768. The highest BCUT2D eigenvalue weighted by molar-refractivity contribution is 9.11. The first-order chi connectivity index (χ1) is 3.18. The van der Waals surface area contributed by atoms with Gasteiger partial charge in [0.2, 0.25) is 0 Å². The van der Waals surface area contributed by atoms with E-state index in [1.54, 1.807) is 11.9 Å². The second-order valence-electron chi connectivity index (χ2n) is 1.35. The van der Waals surface area contributed by atoms with E-state index in [2.05, 4.69) is 15.9 Å². The zero-order chi connectivity index (χ0) is 5.86. The molecule has 40 valence electrons. The lowest BCUT2D eigenvalue weighted by molar-refractivity contribution is -0.113. The molecule has 0 aromatic carbocycles. The SMILES string of the molecule is CC(=O)C(C)=CBr. The summed E-state index contributed by atoms with van der Waals surface area (Å²) in [5, 5.41) is 0. The Bertz CT molecular complexity index is 105. The molecule has 0 aromatic heterocycles. The largest absolute Gasteiger partial charge is 0.295 e. The number of allylic oxidation sites excluding steroid dienone is 1. The summed E-state index contributed by atoms with van der Waals surface area (Å²) in [7, 11) is 0. The quantitative estimate of drug-likeness (QED) is 0.539. The van der Waals surface area contributed by atoms with E-state index in [1.165, 1.54) is 6.92 Å². The molecule has 0 atom stereocenters. The Morgan fingerprint density at radius 3 is 2.00 bits per heavy atom. The van der Waals surface area contributed by atoms with Gasteiger partial charge in [0.25, 0.3) is 0 Å². The van der Waals surface area contributed by atoms with Gasteiger partial charge in [-0.25, -0.2) is 0 Å². The molecule has 0 aromatic rings. The average molecular weight is 163 g/mol. The fraction of sp³-hybridized carbons (Fsp3) is 0.400. The Kier molecular flexibility index (Phi) is 2.92. The molecular weight excluding hydrogens is 156 g/mol. The molecule has 0 amide bonds. The third kappa shape index (κ3) is 2.57. The first-order valence-electron chi connectivity index (χ1n) is 1.96. The zero-order valence-electron chi connectivity index (χ0n) is 4.36. The van der Waals surface area contributed by atoms with Crippen molar-refractivity contribution < 1.29 is 4.79 Å². The third-order valence-corrected chi connectivity index (χ3v) is 1.41. The monoisotopic (exact) mass is 162 g/mol. The van der Waals surface area contributed by atoms with Crippen molar-refractivity contribution in [3.63, 3.8) is 0 Å². The number of halogens is 1. The van der Waals surface area contributed by atoms with Crippen LogP contribution in [0.2, 0.25) is 0 Å². The molecule has 0 rings (SSSR count). The maximum Gasteiger partial charge on any atom is 0.156 e. The summed E-state index contributed by atoms with van der Waals surface area (Å²) in [6, 6.07) is 0. The van der Waals surface area contributed by atoms with Gasteiger partial charge in [-0.05, 0) is 24.4 Å². The summed E-state index contributed by atoms with van der Waals surface area (Å²) >= 11 is 3.03. The van der Waals surface area contributed by atoms with Crippen LogP contribution in [-0.2, 0) is 4.79 Å². The molecule has 0 saturated carbocycles. The van der Waals surface area contributed by atoms with Gasteiger partial charge in [-0.3, -0.25) is 4.79 Å². The number of hydrogen-bond acceptors (Lipinski definition) is 1. The third-order valence-electron chi connectivity index (χ3n) is 0.719. The minimum absolute atomic E-state index is 0.108. The van der Waals surface area contributed by atoms with Crippen LogP contribution >= 0.6 is 15.9 Å². The Labute approximate surface area is 51.5 Å². The summed E-state index contributed by atoms with van der Waals surface area (Å²) in [5.74, 6) is 0.108. The number of carbonyl (C=O) groups is 1. The summed E-state index contributed by atoms with van der Waals surface area (Å²) in [4.78, 5) is 11.9. The smallest absolute Gasteiger partial charge is 0.156 e. The van der Waals surface area contributed by atoms with Gasteiger partial charge in [-0.15, -0.1) is 0 Å². The fourth-order valence-corrected chi connectivity index (χ4v) is 0.399. The maximum absolute atomic E-state index is 10.3. The molecule has 0 aliphatic heterocycles. The number of carbonyl (C=O) groups excluding carboxylic acids is 1. The number of ketones is 1. The van der Waals surface area contributed by atoms with E-state index in [1.807, 2.05) is 0 Å². The van der Waals surface area contributed by atoms with Gasteiger partial charge in [0.1, 0.15) is 0 Å². The molecule has 0 saturated heterocycles. The topological polar surface area (TPSA) is 17.1 Å². The molecule has 0 bridgehead atoms. The highest BCUT2D eigenvalue weighted by Crippen LogP contribution is 1.96. The minimum atomic E-state index is 0.108. The summed E-state index contributed by atoms with van der Waals surface area (Å²) in [6.45, 7) is 3.30. The van der Waals surface area contributed by atoms with Gasteiger partial charge in [-0.1, -0.05) is 15.9 Å². The molecule has 0 aliphatic rings. The Morgan fingerprint density at radius 1 is 1.57 bits per heavy atom. The predicted molar refractivity (Wildman–Crippen MR) is 33.4 cm³/mol. The van der Waals surface area contributed by atoms with E-state index >= 15 is 0 Å². The van der Waals surface area contributed by atoms with Gasteiger partial charge in [0, 0.05) is 0 Å². The van der Waals surface area contributed by atoms with Crippen LogP contribution in [0.4, 0.5) is 0 Å². The number of rotatable bonds is 1. The zero-order valence-corrected chi connectivity index (χ0v) is 5.95. The molecule has 0 heterocycles. The molecule has 0 unspecified atom stereocenters. The summed E-state index contributed by atoms with van der Waals surface area (Å²) in [5.41, 5.74) is 0.750. The first-order valence-corrected chi connectivity index (χ1v) is 2.88. The van der Waals surface area contributed by atoms with Crippen molar-refractivity contribution in [3.05, 3.63) is 10.6 Å². The normalized spacial score (nSPS) is 11.6. The van der Waals surface area contributed by atoms with Crippen LogP contribution in [0.25, 0.3) is 0 Å². The van der Waals surface area contributed by atoms with Crippen molar-refractivity contribution in [1.82, 2.24) is 0 Å². The lowest BCUT2D eigenvalue weighted by atomic mass is 10.3. The lowest BCUT2D eigenvalue weighted by Crippen LogP contribution is -1.87. The van der Waals surface area contributed by atoms with Crippen LogP contribution < -0.4 is 0 Å². The highest BCUT2D eigenvalue weighted by atomic mass is 79.9. The van der Waals surface area contributed by atoms with Gasteiger partial charge >= 0.3 is 0 Å². The van der Waals surface area contributed by atoms with Gasteiger partial charge < -0.3 is 0 Å². The predicted octanol–water partition coefficient (Wildman–Crippen LogP) is 1.87. The van der Waals surface area contributed by atoms with Crippen molar-refractivity contribution in [3.8, 4) is 0 Å². The van der Waals surface area contributed by atoms with Gasteiger partial charge in [0.15, 0.2) is 5.78 Å². The van der Waals surface area contributed by atoms with Crippen LogP contribution in [-0.4, -0.2) is 5.78 Å². The van der Waals surface area contributed by atoms with E-state index in [9.17, 15) is 4.79 Å². The molecule has 0 radical (unpaired) electrons. The van der Waals surface area contributed by atoms with Crippen LogP contribution in [0, 0.1) is 0 Å². The van der Waals surface area contributed by atoms with Crippen molar-refractivity contribution >= 4 is 21.7 Å².